The number of amides is 1. The molecule has 1 amide bonds. The highest BCUT2D eigenvalue weighted by molar-refractivity contribution is 6.42. The molecule has 0 radical (unpaired) electrons. The summed E-state index contributed by atoms with van der Waals surface area (Å²) in [4.78, 5) is 18.8. The molecule has 11 heteroatoms. The molecule has 2 aromatic carbocycles. The van der Waals surface area contributed by atoms with Crippen LogP contribution in [0.25, 0.3) is 0 Å². The maximum atomic E-state index is 14.2. The third-order valence-electron chi connectivity index (χ3n) is 6.59. The monoisotopic (exact) mass is 562 g/mol. The molecular weight excluding hydrogens is 531 g/mol. The van der Waals surface area contributed by atoms with E-state index in [4.69, 9.17) is 23.2 Å². The number of nitrogens with one attached hydrogen (secondary N) is 1. The Hall–Kier alpha value is -1.91. The number of benzene rings is 2. The summed E-state index contributed by atoms with van der Waals surface area (Å²) in [7, 11) is 5.81. The first-order valence-electron chi connectivity index (χ1n) is 12.0. The molecule has 1 saturated heterocycles. The van der Waals surface area contributed by atoms with Crippen molar-refractivity contribution in [2.45, 2.75) is 31.1 Å². The van der Waals surface area contributed by atoms with Gasteiger partial charge in [0.2, 0.25) is 5.91 Å². The van der Waals surface area contributed by atoms with E-state index < -0.39 is 17.6 Å². The third kappa shape index (κ3) is 8.04. The number of hydrogen-bond acceptors (Lipinski definition) is 4. The van der Waals surface area contributed by atoms with Crippen molar-refractivity contribution in [1.29, 1.82) is 0 Å². The van der Waals surface area contributed by atoms with Gasteiger partial charge in [-0.3, -0.25) is 9.69 Å². The fraction of sp³-hybridized carbons (Fsp3) is 0.500. The molecule has 1 aliphatic heterocycles. The number of halogens is 6. The molecule has 2 aromatic rings. The highest BCUT2D eigenvalue weighted by atomic mass is 35.5. The lowest BCUT2D eigenvalue weighted by molar-refractivity contribution is -0.140. The molecular formula is C26H32Cl2F4N4O. The van der Waals surface area contributed by atoms with Crippen molar-refractivity contribution in [2.24, 2.45) is 0 Å². The van der Waals surface area contributed by atoms with Crippen LogP contribution in [0, 0.1) is 5.82 Å². The molecule has 0 saturated carbocycles. The normalized spacial score (nSPS) is 18.3. The molecule has 37 heavy (non-hydrogen) atoms. The molecule has 0 bridgehead atoms. The Morgan fingerprint density at radius 2 is 1.81 bits per heavy atom. The number of nitrogens with zero attached hydrogens (tertiary/aromatic N) is 3. The number of likely N-dealkylation sites (N-methyl/N-ethyl adjacent to an activating group) is 1. The molecule has 0 unspecified atom stereocenters. The molecule has 0 aliphatic carbocycles. The molecule has 1 N–H and O–H groups in total. The summed E-state index contributed by atoms with van der Waals surface area (Å²) < 4.78 is 53.0. The van der Waals surface area contributed by atoms with Crippen LogP contribution in [0.5, 0.6) is 0 Å². The zero-order valence-corrected chi connectivity index (χ0v) is 22.6. The average molecular weight is 563 g/mol. The second kappa shape index (κ2) is 12.8. The van der Waals surface area contributed by atoms with Gasteiger partial charge in [-0.25, -0.2) is 4.39 Å². The van der Waals surface area contributed by atoms with Gasteiger partial charge in [0.05, 0.1) is 22.2 Å². The minimum atomic E-state index is -4.75. The number of hydrogen-bond donors (Lipinski definition) is 1. The number of carbonyl (C=O) groups is 1. The fourth-order valence-electron chi connectivity index (χ4n) is 4.63. The number of carbonyl (C=O) groups excluding carboxylic acids is 1. The van der Waals surface area contributed by atoms with E-state index in [1.54, 1.807) is 17.0 Å². The summed E-state index contributed by atoms with van der Waals surface area (Å²) in [6, 6.07) is 8.15. The van der Waals surface area contributed by atoms with Gasteiger partial charge in [-0.1, -0.05) is 35.3 Å². The van der Waals surface area contributed by atoms with Gasteiger partial charge in [-0.05, 0) is 76.0 Å². The van der Waals surface area contributed by atoms with Crippen LogP contribution >= 0.6 is 23.2 Å². The molecule has 1 aliphatic rings. The van der Waals surface area contributed by atoms with E-state index in [0.717, 1.165) is 37.2 Å². The number of rotatable bonds is 10. The Labute approximate surface area is 225 Å². The summed E-state index contributed by atoms with van der Waals surface area (Å²) in [5.41, 5.74) is 0.0237. The molecule has 204 valence electrons. The van der Waals surface area contributed by atoms with Crippen molar-refractivity contribution in [3.63, 3.8) is 0 Å². The van der Waals surface area contributed by atoms with Gasteiger partial charge in [0.15, 0.2) is 0 Å². The second-order valence-electron chi connectivity index (χ2n) is 9.71. The van der Waals surface area contributed by atoms with E-state index in [0.29, 0.717) is 28.7 Å². The van der Waals surface area contributed by atoms with Gasteiger partial charge < -0.3 is 15.1 Å². The van der Waals surface area contributed by atoms with Gasteiger partial charge in [-0.15, -0.1) is 0 Å². The van der Waals surface area contributed by atoms with Gasteiger partial charge in [-0.2, -0.15) is 13.2 Å². The Balaban J connectivity index is 1.74. The summed E-state index contributed by atoms with van der Waals surface area (Å²) in [6.07, 6.45) is -3.83. The van der Waals surface area contributed by atoms with Gasteiger partial charge in [0.25, 0.3) is 0 Å². The Kier molecular flexibility index (Phi) is 10.2. The lowest BCUT2D eigenvalue weighted by Crippen LogP contribution is -2.40. The largest absolute Gasteiger partial charge is 0.419 e. The zero-order chi connectivity index (χ0) is 27.3. The van der Waals surface area contributed by atoms with Crippen LogP contribution in [0.1, 0.15) is 29.0 Å². The second-order valence-corrected chi connectivity index (χ2v) is 10.5. The van der Waals surface area contributed by atoms with E-state index in [-0.39, 0.29) is 31.0 Å². The van der Waals surface area contributed by atoms with Crippen molar-refractivity contribution < 1.29 is 22.4 Å². The first-order valence-corrected chi connectivity index (χ1v) is 12.8. The van der Waals surface area contributed by atoms with E-state index >= 15 is 0 Å². The zero-order valence-electron chi connectivity index (χ0n) is 21.1. The Morgan fingerprint density at radius 1 is 1.08 bits per heavy atom. The molecule has 3 rings (SSSR count). The minimum Gasteiger partial charge on any atom is -0.339 e. The summed E-state index contributed by atoms with van der Waals surface area (Å²) in [5.74, 6) is -1.45. The number of likely N-dealkylation sites (tertiary alicyclic amines) is 1. The Morgan fingerprint density at radius 3 is 2.43 bits per heavy atom. The minimum absolute atomic E-state index is 0.0358. The van der Waals surface area contributed by atoms with Crippen molar-refractivity contribution in [3.05, 3.63) is 69.0 Å². The van der Waals surface area contributed by atoms with Crippen molar-refractivity contribution in [2.75, 3.05) is 53.9 Å². The molecule has 0 aromatic heterocycles. The quantitative estimate of drug-likeness (QED) is 0.322. The predicted octanol–water partition coefficient (Wildman–Crippen LogP) is 5.12. The first-order chi connectivity index (χ1) is 17.4. The molecule has 2 atom stereocenters. The topological polar surface area (TPSA) is 38.8 Å². The van der Waals surface area contributed by atoms with Crippen LogP contribution in [0.15, 0.2) is 36.4 Å². The number of alkyl halides is 3. The van der Waals surface area contributed by atoms with Crippen LogP contribution in [-0.2, 0) is 17.5 Å². The lowest BCUT2D eigenvalue weighted by Gasteiger charge is -2.29. The fourth-order valence-corrected chi connectivity index (χ4v) is 4.93. The third-order valence-corrected chi connectivity index (χ3v) is 7.32. The molecule has 5 nitrogen and oxygen atoms in total. The maximum absolute atomic E-state index is 14.2. The average Bonchev–Trinajstić information content (AvgIpc) is 3.25. The van der Waals surface area contributed by atoms with Crippen molar-refractivity contribution in [1.82, 2.24) is 20.0 Å². The van der Waals surface area contributed by atoms with E-state index in [1.165, 1.54) is 6.07 Å². The Bertz CT molecular complexity index is 1080. The predicted molar refractivity (Wildman–Crippen MR) is 138 cm³/mol. The van der Waals surface area contributed by atoms with Gasteiger partial charge in [0.1, 0.15) is 5.82 Å². The SMILES string of the molecule is CN(C)CCCNCC(=O)N1C[C@H](c2ccc(Cl)c(Cl)c2)[C@H](N(C)Cc2ccc(C(F)(F)F)c(F)c2)C1. The highest BCUT2D eigenvalue weighted by Gasteiger charge is 2.39. The van der Waals surface area contributed by atoms with E-state index in [9.17, 15) is 22.4 Å². The van der Waals surface area contributed by atoms with Crippen molar-refractivity contribution in [3.8, 4) is 0 Å². The van der Waals surface area contributed by atoms with Crippen LogP contribution in [0.2, 0.25) is 10.0 Å². The van der Waals surface area contributed by atoms with Crippen LogP contribution in [0.4, 0.5) is 17.6 Å². The summed E-state index contributed by atoms with van der Waals surface area (Å²) >= 11 is 12.4. The highest BCUT2D eigenvalue weighted by Crippen LogP contribution is 2.35. The van der Waals surface area contributed by atoms with E-state index in [2.05, 4.69) is 10.2 Å². The summed E-state index contributed by atoms with van der Waals surface area (Å²) in [6.45, 7) is 2.93. The first kappa shape index (κ1) is 29.6. The van der Waals surface area contributed by atoms with Crippen LogP contribution < -0.4 is 5.32 Å². The van der Waals surface area contributed by atoms with Gasteiger partial charge >= 0.3 is 6.18 Å². The van der Waals surface area contributed by atoms with E-state index in [1.807, 2.05) is 32.1 Å². The smallest absolute Gasteiger partial charge is 0.339 e. The van der Waals surface area contributed by atoms with Gasteiger partial charge in [0, 0.05) is 31.6 Å². The lowest BCUT2D eigenvalue weighted by atomic mass is 9.93. The standard InChI is InChI=1S/C26H32Cl2F4N4O/c1-34(2)10-4-9-33-13-25(37)36-15-19(18-6-8-21(27)22(28)12-18)24(16-36)35(3)14-17-5-7-20(23(29)11-17)26(30,31)32/h5-8,11-12,19,24,33H,4,9-10,13-16H2,1-3H3/t19-,24-/m1/s1. The maximum Gasteiger partial charge on any atom is 0.419 e. The molecule has 0 spiro atoms. The van der Waals surface area contributed by atoms with Crippen LogP contribution in [0.3, 0.4) is 0 Å². The van der Waals surface area contributed by atoms with Crippen molar-refractivity contribution >= 4 is 29.1 Å². The summed E-state index contributed by atoms with van der Waals surface area (Å²) in [5, 5.41) is 4.01. The van der Waals surface area contributed by atoms with Crippen LogP contribution in [-0.4, -0.2) is 80.5 Å². The molecule has 1 fully saturated rings. The molecule has 1 heterocycles.